The van der Waals surface area contributed by atoms with Crippen LogP contribution in [0.3, 0.4) is 0 Å². The zero-order valence-corrected chi connectivity index (χ0v) is 24.6. The molecule has 0 heterocycles. The molecule has 4 rings (SSSR count). The van der Waals surface area contributed by atoms with Gasteiger partial charge >= 0.3 is 11.9 Å². The van der Waals surface area contributed by atoms with Crippen LogP contribution in [0, 0.1) is 0 Å². The van der Waals surface area contributed by atoms with E-state index in [2.05, 4.69) is 0 Å². The summed E-state index contributed by atoms with van der Waals surface area (Å²) in [5.41, 5.74) is 0. The van der Waals surface area contributed by atoms with Crippen LogP contribution in [-0.4, -0.2) is 40.5 Å². The first kappa shape index (κ1) is 31.3. The van der Waals surface area contributed by atoms with Gasteiger partial charge in [-0.1, -0.05) is 6.92 Å². The number of sulfone groups is 2. The fourth-order valence-electron chi connectivity index (χ4n) is 3.78. The molecule has 0 atom stereocenters. The van der Waals surface area contributed by atoms with E-state index in [0.29, 0.717) is 12.4 Å². The average molecular weight is 625 g/mol. The highest BCUT2D eigenvalue weighted by Crippen LogP contribution is 2.26. The lowest BCUT2D eigenvalue weighted by molar-refractivity contribution is -0.140. The molecule has 4 aromatic carbocycles. The maximum absolute atomic E-state index is 12.9. The summed E-state index contributed by atoms with van der Waals surface area (Å²) in [6.07, 6.45) is 0.214. The zero-order chi connectivity index (χ0) is 31.0. The molecular weight excluding hydrogens is 596 g/mol. The smallest absolute Gasteiger partial charge is 0.311 e. The Balaban J connectivity index is 1.27. The molecule has 10 nitrogen and oxygen atoms in total. The van der Waals surface area contributed by atoms with Crippen LogP contribution in [0.5, 0.6) is 23.0 Å². The summed E-state index contributed by atoms with van der Waals surface area (Å²) in [5, 5.41) is 9.37. The third kappa shape index (κ3) is 7.99. The number of hydrogen-bond acceptors (Lipinski definition) is 10. The molecule has 1 N–H and O–H groups in total. The predicted octanol–water partition coefficient (Wildman–Crippen LogP) is 5.14. The van der Waals surface area contributed by atoms with Crippen LogP contribution in [0.4, 0.5) is 0 Å². The van der Waals surface area contributed by atoms with E-state index in [1.807, 2.05) is 6.92 Å². The van der Waals surface area contributed by atoms with E-state index < -0.39 is 31.6 Å². The number of aromatic hydroxyl groups is 1. The van der Waals surface area contributed by atoms with Crippen LogP contribution in [-0.2, 0) is 29.3 Å². The number of ether oxygens (including phenoxy) is 3. The summed E-state index contributed by atoms with van der Waals surface area (Å²) in [6.45, 7) is 2.50. The quantitative estimate of drug-likeness (QED) is 0.166. The van der Waals surface area contributed by atoms with E-state index in [4.69, 9.17) is 14.2 Å². The van der Waals surface area contributed by atoms with Crippen molar-refractivity contribution in [3.05, 3.63) is 97.1 Å². The van der Waals surface area contributed by atoms with Gasteiger partial charge in [-0.15, -0.1) is 0 Å². The summed E-state index contributed by atoms with van der Waals surface area (Å²) in [5.74, 6) is -0.773. The van der Waals surface area contributed by atoms with E-state index in [9.17, 15) is 31.5 Å². The van der Waals surface area contributed by atoms with Gasteiger partial charge in [-0.05, 0) is 103 Å². The molecule has 0 amide bonds. The lowest BCUT2D eigenvalue weighted by atomic mass is 10.3. The Morgan fingerprint density at radius 3 is 1.23 bits per heavy atom. The van der Waals surface area contributed by atoms with Crippen LogP contribution in [0.2, 0.25) is 0 Å². The van der Waals surface area contributed by atoms with Crippen molar-refractivity contribution in [2.24, 2.45) is 0 Å². The first-order chi connectivity index (χ1) is 20.5. The van der Waals surface area contributed by atoms with Crippen molar-refractivity contribution < 1.29 is 45.7 Å². The molecule has 0 aliphatic carbocycles. The molecule has 0 bridgehead atoms. The van der Waals surface area contributed by atoms with Gasteiger partial charge in [0.2, 0.25) is 19.7 Å². The molecular formula is C31H28O10S2. The minimum absolute atomic E-state index is 0.00665. The van der Waals surface area contributed by atoms with Crippen molar-refractivity contribution in [1.82, 2.24) is 0 Å². The number of benzene rings is 4. The first-order valence-electron chi connectivity index (χ1n) is 13.1. The van der Waals surface area contributed by atoms with E-state index in [1.54, 1.807) is 12.1 Å². The SMILES string of the molecule is CCCOc1ccc(S(=O)(=O)c2ccc(OC(=O)CCC(=O)Oc3ccc(S(=O)(=O)c4ccc(O)cc4)cc3)cc2)cc1. The molecule has 0 spiro atoms. The lowest BCUT2D eigenvalue weighted by Gasteiger charge is -2.09. The Hall–Kier alpha value is -4.68. The van der Waals surface area contributed by atoms with Crippen molar-refractivity contribution >= 4 is 31.6 Å². The van der Waals surface area contributed by atoms with Crippen LogP contribution in [0.15, 0.2) is 117 Å². The van der Waals surface area contributed by atoms with E-state index >= 15 is 0 Å². The number of esters is 2. The largest absolute Gasteiger partial charge is 0.508 e. The minimum atomic E-state index is -3.83. The Bertz CT molecular complexity index is 1780. The van der Waals surface area contributed by atoms with Crippen LogP contribution in [0.1, 0.15) is 26.2 Å². The molecule has 43 heavy (non-hydrogen) atoms. The lowest BCUT2D eigenvalue weighted by Crippen LogP contribution is -2.14. The highest BCUT2D eigenvalue weighted by atomic mass is 32.2. The monoisotopic (exact) mass is 624 g/mol. The molecule has 0 saturated heterocycles. The maximum atomic E-state index is 12.9. The molecule has 0 radical (unpaired) electrons. The summed E-state index contributed by atoms with van der Waals surface area (Å²) in [7, 11) is -7.63. The third-order valence-corrected chi connectivity index (χ3v) is 9.59. The fraction of sp³-hybridized carbons (Fsp3) is 0.161. The second-order valence-electron chi connectivity index (χ2n) is 9.21. The second-order valence-corrected chi connectivity index (χ2v) is 13.1. The Labute approximate surface area is 249 Å². The highest BCUT2D eigenvalue weighted by molar-refractivity contribution is 7.91. The van der Waals surface area contributed by atoms with Gasteiger partial charge in [0.1, 0.15) is 23.0 Å². The van der Waals surface area contributed by atoms with Gasteiger partial charge in [0.25, 0.3) is 0 Å². The maximum Gasteiger partial charge on any atom is 0.311 e. The Morgan fingerprint density at radius 2 is 0.884 bits per heavy atom. The topological polar surface area (TPSA) is 150 Å². The third-order valence-electron chi connectivity index (χ3n) is 6.02. The first-order valence-corrected chi connectivity index (χ1v) is 16.1. The van der Waals surface area contributed by atoms with E-state index in [0.717, 1.165) is 6.42 Å². The van der Waals surface area contributed by atoms with E-state index in [1.165, 1.54) is 84.9 Å². The molecule has 4 aromatic rings. The predicted molar refractivity (Wildman–Crippen MR) is 155 cm³/mol. The Kier molecular flexibility index (Phi) is 9.84. The van der Waals surface area contributed by atoms with Crippen molar-refractivity contribution in [3.63, 3.8) is 0 Å². The number of hydrogen-bond donors (Lipinski definition) is 1. The molecule has 0 aromatic heterocycles. The molecule has 0 aliphatic heterocycles. The summed E-state index contributed by atoms with van der Waals surface area (Å²) < 4.78 is 67.1. The second kappa shape index (κ2) is 13.5. The summed E-state index contributed by atoms with van der Waals surface area (Å²) >= 11 is 0. The fourth-order valence-corrected chi connectivity index (χ4v) is 6.30. The summed E-state index contributed by atoms with van der Waals surface area (Å²) in [6, 6.07) is 21.7. The molecule has 0 fully saturated rings. The standard InChI is InChI=1S/C31H28O10S2/c1-2-21-39-23-5-13-27(14-6-23)43(37,38)29-17-9-25(10-18-29)41-31(34)20-19-30(33)40-24-7-15-28(16-8-24)42(35,36)26-11-3-22(32)4-12-26/h3-18,32H,2,19-21H2,1H3. The molecule has 224 valence electrons. The highest BCUT2D eigenvalue weighted by Gasteiger charge is 2.20. The van der Waals surface area contributed by atoms with Gasteiger partial charge in [-0.25, -0.2) is 16.8 Å². The Morgan fingerprint density at radius 1 is 0.558 bits per heavy atom. The van der Waals surface area contributed by atoms with Crippen molar-refractivity contribution in [3.8, 4) is 23.0 Å². The number of carbonyl (C=O) groups is 2. The van der Waals surface area contributed by atoms with Crippen LogP contribution < -0.4 is 14.2 Å². The van der Waals surface area contributed by atoms with Gasteiger partial charge < -0.3 is 19.3 Å². The minimum Gasteiger partial charge on any atom is -0.508 e. The van der Waals surface area contributed by atoms with Crippen molar-refractivity contribution in [2.45, 2.75) is 45.8 Å². The van der Waals surface area contributed by atoms with Crippen LogP contribution >= 0.6 is 0 Å². The van der Waals surface area contributed by atoms with Gasteiger partial charge in [-0.3, -0.25) is 9.59 Å². The normalized spacial score (nSPS) is 11.5. The number of carbonyl (C=O) groups excluding carboxylic acids is 2. The summed E-state index contributed by atoms with van der Waals surface area (Å²) in [4.78, 5) is 24.5. The van der Waals surface area contributed by atoms with Crippen molar-refractivity contribution in [2.75, 3.05) is 6.61 Å². The number of phenols is 1. The zero-order valence-electron chi connectivity index (χ0n) is 23.0. The molecule has 12 heteroatoms. The number of phenolic OH excluding ortho intramolecular Hbond substituents is 1. The van der Waals surface area contributed by atoms with Crippen LogP contribution in [0.25, 0.3) is 0 Å². The average Bonchev–Trinajstić information content (AvgIpc) is 3.00. The van der Waals surface area contributed by atoms with Gasteiger partial charge in [0, 0.05) is 0 Å². The molecule has 0 aliphatic rings. The van der Waals surface area contributed by atoms with Gasteiger partial charge in [0.15, 0.2) is 0 Å². The number of rotatable bonds is 12. The molecule has 0 saturated carbocycles. The van der Waals surface area contributed by atoms with Gasteiger partial charge in [0.05, 0.1) is 39.0 Å². The molecule has 0 unspecified atom stereocenters. The van der Waals surface area contributed by atoms with E-state index in [-0.39, 0.29) is 49.7 Å². The van der Waals surface area contributed by atoms with Crippen molar-refractivity contribution in [1.29, 1.82) is 0 Å². The van der Waals surface area contributed by atoms with Gasteiger partial charge in [-0.2, -0.15) is 0 Å².